The van der Waals surface area contributed by atoms with Gasteiger partial charge >= 0.3 is 6.03 Å². The molecule has 0 spiro atoms. The molecule has 0 radical (unpaired) electrons. The summed E-state index contributed by atoms with van der Waals surface area (Å²) >= 11 is 1.70. The van der Waals surface area contributed by atoms with Gasteiger partial charge in [-0.15, -0.1) is 11.8 Å². The fourth-order valence-electron chi connectivity index (χ4n) is 3.65. The molecule has 6 nitrogen and oxygen atoms in total. The van der Waals surface area contributed by atoms with Gasteiger partial charge in [0.25, 0.3) is 0 Å². The van der Waals surface area contributed by atoms with Crippen molar-refractivity contribution in [3.63, 3.8) is 0 Å². The van der Waals surface area contributed by atoms with Gasteiger partial charge in [0.1, 0.15) is 0 Å². The average Bonchev–Trinajstić information content (AvgIpc) is 3.30. The van der Waals surface area contributed by atoms with Gasteiger partial charge in [0.2, 0.25) is 0 Å². The van der Waals surface area contributed by atoms with Crippen LogP contribution >= 0.6 is 11.8 Å². The van der Waals surface area contributed by atoms with Crippen LogP contribution < -0.4 is 5.32 Å². The summed E-state index contributed by atoms with van der Waals surface area (Å²) in [5.74, 6) is 0.705. The van der Waals surface area contributed by atoms with E-state index in [1.165, 1.54) is 4.90 Å². The highest BCUT2D eigenvalue weighted by Gasteiger charge is 2.34. The zero-order valence-corrected chi connectivity index (χ0v) is 16.9. The predicted molar refractivity (Wildman–Crippen MR) is 112 cm³/mol. The van der Waals surface area contributed by atoms with Crippen LogP contribution in [0.2, 0.25) is 0 Å². The summed E-state index contributed by atoms with van der Waals surface area (Å²) in [6, 6.07) is 11.0. The number of amides is 1. The molecular weight excluding hydrogens is 372 g/mol. The second-order valence-electron chi connectivity index (χ2n) is 7.07. The number of ketones is 1. The van der Waals surface area contributed by atoms with E-state index >= 15 is 0 Å². The minimum Gasteiger partial charge on any atom is -0.330 e. The standard InChI is InChI=1S/C21H22N4O2S/c1-13-18(15-8-4-5-9-17(15)25(13)21(27)24(2)3)19(26)16-12-28-20(23-16)14-7-6-10-22-11-14/h4-11,16,20,23H,12H2,1-3H3. The van der Waals surface area contributed by atoms with Crippen LogP contribution in [0.4, 0.5) is 4.79 Å². The molecule has 2 aromatic heterocycles. The second-order valence-corrected chi connectivity index (χ2v) is 8.21. The maximum atomic E-state index is 13.4. The van der Waals surface area contributed by atoms with Crippen LogP contribution in [0.15, 0.2) is 48.8 Å². The van der Waals surface area contributed by atoms with Crippen molar-refractivity contribution in [2.75, 3.05) is 19.8 Å². The highest BCUT2D eigenvalue weighted by molar-refractivity contribution is 7.99. The van der Waals surface area contributed by atoms with E-state index in [2.05, 4.69) is 10.3 Å². The van der Waals surface area contributed by atoms with Crippen molar-refractivity contribution in [2.45, 2.75) is 18.3 Å². The number of benzene rings is 1. The van der Waals surface area contributed by atoms with Gasteiger partial charge in [0.05, 0.1) is 16.9 Å². The first-order valence-corrected chi connectivity index (χ1v) is 10.2. The van der Waals surface area contributed by atoms with Crippen LogP contribution in [0.25, 0.3) is 10.9 Å². The molecule has 0 aliphatic carbocycles. The molecule has 3 aromatic rings. The molecule has 1 amide bonds. The van der Waals surface area contributed by atoms with Crippen molar-refractivity contribution >= 4 is 34.5 Å². The smallest absolute Gasteiger partial charge is 0.328 e. The summed E-state index contributed by atoms with van der Waals surface area (Å²) in [5, 5.41) is 4.29. The van der Waals surface area contributed by atoms with E-state index < -0.39 is 0 Å². The quantitative estimate of drug-likeness (QED) is 0.689. The number of carbonyl (C=O) groups excluding carboxylic acids is 2. The lowest BCUT2D eigenvalue weighted by molar-refractivity contribution is 0.0956. The van der Waals surface area contributed by atoms with Crippen LogP contribution in [-0.4, -0.2) is 52.2 Å². The number of nitrogens with one attached hydrogen (secondary N) is 1. The number of rotatable bonds is 3. The summed E-state index contributed by atoms with van der Waals surface area (Å²) in [4.78, 5) is 31.9. The topological polar surface area (TPSA) is 67.2 Å². The molecule has 28 heavy (non-hydrogen) atoms. The van der Waals surface area contributed by atoms with E-state index in [0.717, 1.165) is 16.5 Å². The molecule has 1 aliphatic heterocycles. The molecule has 4 rings (SSSR count). The highest BCUT2D eigenvalue weighted by Crippen LogP contribution is 2.35. The number of para-hydroxylation sites is 1. The number of carbonyl (C=O) groups is 2. The highest BCUT2D eigenvalue weighted by atomic mass is 32.2. The van der Waals surface area contributed by atoms with Gasteiger partial charge in [-0.1, -0.05) is 24.3 Å². The van der Waals surface area contributed by atoms with Crippen LogP contribution in [0.3, 0.4) is 0 Å². The van der Waals surface area contributed by atoms with Crippen LogP contribution in [0.1, 0.15) is 27.0 Å². The predicted octanol–water partition coefficient (Wildman–Crippen LogP) is 3.46. The van der Waals surface area contributed by atoms with Crippen molar-refractivity contribution < 1.29 is 9.59 Å². The fraction of sp³-hybridized carbons (Fsp3) is 0.286. The first kappa shape index (κ1) is 18.7. The SMILES string of the molecule is Cc1c(C(=O)C2CSC(c3cccnc3)N2)c2ccccc2n1C(=O)N(C)C. The Morgan fingerprint density at radius 1 is 1.21 bits per heavy atom. The lowest BCUT2D eigenvalue weighted by atomic mass is 10.0. The minimum atomic E-state index is -0.303. The molecule has 144 valence electrons. The third kappa shape index (κ3) is 3.10. The molecule has 7 heteroatoms. The van der Waals surface area contributed by atoms with Gasteiger partial charge in [-0.3, -0.25) is 19.7 Å². The Bertz CT molecular complexity index is 1050. The summed E-state index contributed by atoms with van der Waals surface area (Å²) in [6.45, 7) is 1.84. The molecule has 1 aromatic carbocycles. The molecule has 1 N–H and O–H groups in total. The Labute approximate surface area is 167 Å². The Kier molecular flexibility index (Phi) is 4.95. The Morgan fingerprint density at radius 2 is 2.00 bits per heavy atom. The molecule has 1 fully saturated rings. The zero-order chi connectivity index (χ0) is 19.8. The zero-order valence-electron chi connectivity index (χ0n) is 16.0. The number of aromatic nitrogens is 2. The van der Waals surface area contributed by atoms with Gasteiger partial charge in [-0.2, -0.15) is 0 Å². The van der Waals surface area contributed by atoms with Crippen molar-refractivity contribution in [3.05, 3.63) is 65.6 Å². The second kappa shape index (κ2) is 7.41. The molecule has 2 atom stereocenters. The number of fused-ring (bicyclic) bond motifs is 1. The fourth-order valence-corrected chi connectivity index (χ4v) is 4.87. The van der Waals surface area contributed by atoms with E-state index in [1.807, 2.05) is 49.5 Å². The first-order valence-electron chi connectivity index (χ1n) is 9.12. The third-order valence-corrected chi connectivity index (χ3v) is 6.28. The summed E-state index contributed by atoms with van der Waals surface area (Å²) < 4.78 is 1.63. The number of hydrogen-bond donors (Lipinski definition) is 1. The Hall–Kier alpha value is -2.64. The molecule has 3 heterocycles. The van der Waals surface area contributed by atoms with E-state index in [-0.39, 0.29) is 23.2 Å². The van der Waals surface area contributed by atoms with Gasteiger partial charge in [-0.25, -0.2) is 4.79 Å². The lowest BCUT2D eigenvalue weighted by Crippen LogP contribution is -2.35. The summed E-state index contributed by atoms with van der Waals surface area (Å²) in [5.41, 5.74) is 3.12. The number of nitrogens with zero attached hydrogens (tertiary/aromatic N) is 3. The van der Waals surface area contributed by atoms with Crippen molar-refractivity contribution in [1.82, 2.24) is 19.8 Å². The van der Waals surface area contributed by atoms with Crippen LogP contribution in [0, 0.1) is 6.92 Å². The van der Waals surface area contributed by atoms with Crippen LogP contribution in [0.5, 0.6) is 0 Å². The Balaban J connectivity index is 1.71. The van der Waals surface area contributed by atoms with Crippen LogP contribution in [-0.2, 0) is 0 Å². The largest absolute Gasteiger partial charge is 0.330 e. The number of pyridine rings is 1. The monoisotopic (exact) mass is 394 g/mol. The van der Waals surface area contributed by atoms with E-state index in [9.17, 15) is 9.59 Å². The minimum absolute atomic E-state index is 0.0258. The number of hydrogen-bond acceptors (Lipinski definition) is 5. The summed E-state index contributed by atoms with van der Waals surface area (Å²) in [7, 11) is 3.43. The molecular formula is C21H22N4O2S. The average molecular weight is 395 g/mol. The third-order valence-electron chi connectivity index (χ3n) is 5.02. The molecule has 1 saturated heterocycles. The maximum Gasteiger partial charge on any atom is 0.328 e. The normalized spacial score (nSPS) is 19.1. The number of thioether (sulfide) groups is 1. The molecule has 0 saturated carbocycles. The van der Waals surface area contributed by atoms with Gasteiger partial charge in [0, 0.05) is 48.9 Å². The summed E-state index contributed by atoms with van der Waals surface area (Å²) in [6.07, 6.45) is 3.57. The van der Waals surface area contributed by atoms with Gasteiger partial charge in [0.15, 0.2) is 5.78 Å². The molecule has 2 unspecified atom stereocenters. The number of Topliss-reactive ketones (excluding diaryl/α,β-unsaturated/α-hetero) is 1. The van der Waals surface area contributed by atoms with Crippen molar-refractivity contribution in [1.29, 1.82) is 0 Å². The molecule has 0 bridgehead atoms. The van der Waals surface area contributed by atoms with E-state index in [0.29, 0.717) is 17.0 Å². The van der Waals surface area contributed by atoms with E-state index in [4.69, 9.17) is 0 Å². The first-order chi connectivity index (χ1) is 13.5. The Morgan fingerprint density at radius 3 is 2.71 bits per heavy atom. The van der Waals surface area contributed by atoms with Crippen molar-refractivity contribution in [3.8, 4) is 0 Å². The van der Waals surface area contributed by atoms with Gasteiger partial charge < -0.3 is 4.90 Å². The van der Waals surface area contributed by atoms with E-state index in [1.54, 1.807) is 36.6 Å². The lowest BCUT2D eigenvalue weighted by Gasteiger charge is -2.15. The molecule has 1 aliphatic rings. The maximum absolute atomic E-state index is 13.4. The van der Waals surface area contributed by atoms with Crippen molar-refractivity contribution in [2.24, 2.45) is 0 Å². The van der Waals surface area contributed by atoms with Gasteiger partial charge in [-0.05, 0) is 24.6 Å².